The number of H-pyrrole nitrogens is 1. The lowest BCUT2D eigenvalue weighted by atomic mass is 10.3. The zero-order valence-corrected chi connectivity index (χ0v) is 6.34. The topological polar surface area (TPSA) is 53.4 Å². The van der Waals surface area contributed by atoms with Crippen molar-refractivity contribution < 1.29 is 0 Å². The van der Waals surface area contributed by atoms with Gasteiger partial charge in [0.05, 0.1) is 18.3 Å². The van der Waals surface area contributed by atoms with E-state index in [2.05, 4.69) is 20.2 Å². The number of aromatic nitrogens is 2. The molecule has 1 aromatic heterocycles. The summed E-state index contributed by atoms with van der Waals surface area (Å²) in [5, 5.41) is 6.97. The Morgan fingerprint density at radius 3 is 3.36 bits per heavy atom. The third-order valence-corrected chi connectivity index (χ3v) is 1.70. The molecule has 56 valence electrons. The van der Waals surface area contributed by atoms with Crippen LogP contribution in [0.4, 0.5) is 5.82 Å². The molecule has 0 amide bonds. The van der Waals surface area contributed by atoms with Gasteiger partial charge in [-0.05, 0) is 0 Å². The molecule has 0 spiro atoms. The second-order valence-corrected chi connectivity index (χ2v) is 2.43. The van der Waals surface area contributed by atoms with Crippen LogP contribution in [0.15, 0.2) is 16.2 Å². The van der Waals surface area contributed by atoms with E-state index < -0.39 is 0 Å². The van der Waals surface area contributed by atoms with Gasteiger partial charge in [-0.25, -0.2) is 4.99 Å². The monoisotopic (exact) mass is 168 g/mol. The smallest absolute Gasteiger partial charge is 0.157 e. The molecule has 1 aliphatic rings. The number of halogens is 1. The second kappa shape index (κ2) is 2.47. The maximum Gasteiger partial charge on any atom is 0.157 e. The van der Waals surface area contributed by atoms with Crippen LogP contribution < -0.4 is 0 Å². The first kappa shape index (κ1) is 6.54. The molecule has 2 heterocycles. The first-order valence-corrected chi connectivity index (χ1v) is 3.52. The molecule has 1 aromatic rings. The molecule has 0 unspecified atom stereocenters. The molecule has 2 rings (SSSR count). The molecule has 0 radical (unpaired) electrons. The number of hydrogen-bond donors (Lipinski definition) is 1. The van der Waals surface area contributed by atoms with Crippen molar-refractivity contribution in [3.8, 4) is 0 Å². The van der Waals surface area contributed by atoms with E-state index in [1.165, 1.54) is 0 Å². The van der Waals surface area contributed by atoms with Gasteiger partial charge in [0.25, 0.3) is 0 Å². The van der Waals surface area contributed by atoms with E-state index in [9.17, 15) is 0 Å². The molecule has 0 bridgehead atoms. The van der Waals surface area contributed by atoms with Crippen LogP contribution in [-0.2, 0) is 0 Å². The number of nitrogens with zero attached hydrogens (tertiary/aromatic N) is 3. The van der Waals surface area contributed by atoms with Crippen molar-refractivity contribution in [3.05, 3.63) is 11.8 Å². The fourth-order valence-electron chi connectivity index (χ4n) is 0.867. The van der Waals surface area contributed by atoms with Gasteiger partial charge in [-0.1, -0.05) is 11.6 Å². The second-order valence-electron chi connectivity index (χ2n) is 2.08. The molecular formula is C6H5ClN4. The summed E-state index contributed by atoms with van der Waals surface area (Å²) in [5.74, 6) is 0.677. The minimum atomic E-state index is 0.464. The summed E-state index contributed by atoms with van der Waals surface area (Å²) in [4.78, 5) is 8.07. The standard InChI is InChI=1S/C6H5ClN4/c7-5-4-3-10-11-6(4)9-2-1-8-5/h2-3H,1H2,(H,10,11). The minimum absolute atomic E-state index is 0.464. The highest BCUT2D eigenvalue weighted by Gasteiger charge is 2.09. The van der Waals surface area contributed by atoms with Crippen LogP contribution in [0.5, 0.6) is 0 Å². The molecule has 0 saturated carbocycles. The van der Waals surface area contributed by atoms with E-state index in [0.29, 0.717) is 17.5 Å². The van der Waals surface area contributed by atoms with Crippen LogP contribution in [0, 0.1) is 0 Å². The molecule has 0 aliphatic carbocycles. The SMILES string of the molecule is ClC1=NCC=Nc2[nH]ncc21. The predicted octanol–water partition coefficient (Wildman–Crippen LogP) is 1.11. The van der Waals surface area contributed by atoms with Crippen LogP contribution in [0.1, 0.15) is 5.56 Å². The first-order valence-electron chi connectivity index (χ1n) is 3.14. The average Bonchev–Trinajstić information content (AvgIpc) is 2.40. The number of aromatic amines is 1. The molecular weight excluding hydrogens is 164 g/mol. The van der Waals surface area contributed by atoms with E-state index in [-0.39, 0.29) is 0 Å². The third kappa shape index (κ3) is 1.05. The fraction of sp³-hybridized carbons (Fsp3) is 0.167. The van der Waals surface area contributed by atoms with E-state index >= 15 is 0 Å². The van der Waals surface area contributed by atoms with Crippen molar-refractivity contribution in [2.24, 2.45) is 9.98 Å². The summed E-state index contributed by atoms with van der Waals surface area (Å²) in [7, 11) is 0. The molecule has 0 fully saturated rings. The zero-order valence-electron chi connectivity index (χ0n) is 5.58. The highest BCUT2D eigenvalue weighted by Crippen LogP contribution is 2.18. The third-order valence-electron chi connectivity index (χ3n) is 1.37. The lowest BCUT2D eigenvalue weighted by Crippen LogP contribution is -1.88. The van der Waals surface area contributed by atoms with Crippen molar-refractivity contribution in [2.75, 3.05) is 6.54 Å². The molecule has 0 aromatic carbocycles. The summed E-state index contributed by atoms with van der Waals surface area (Å²) in [6.07, 6.45) is 3.30. The van der Waals surface area contributed by atoms with Crippen molar-refractivity contribution in [3.63, 3.8) is 0 Å². The normalized spacial score (nSPS) is 15.5. The van der Waals surface area contributed by atoms with Gasteiger partial charge in [0.2, 0.25) is 0 Å². The number of aliphatic imine (C=N–C) groups is 2. The van der Waals surface area contributed by atoms with Gasteiger partial charge in [0.15, 0.2) is 5.82 Å². The molecule has 11 heavy (non-hydrogen) atoms. The largest absolute Gasteiger partial charge is 0.267 e. The maximum absolute atomic E-state index is 5.80. The van der Waals surface area contributed by atoms with E-state index in [1.807, 2.05) is 0 Å². The number of fused-ring (bicyclic) bond motifs is 1. The predicted molar refractivity (Wildman–Crippen MR) is 44.0 cm³/mol. The molecule has 0 saturated heterocycles. The first-order chi connectivity index (χ1) is 5.38. The maximum atomic E-state index is 5.80. The number of rotatable bonds is 0. The molecule has 5 heteroatoms. The summed E-state index contributed by atoms with van der Waals surface area (Å²) in [6.45, 7) is 0.529. The Balaban J connectivity index is 2.59. The van der Waals surface area contributed by atoms with Crippen LogP contribution in [0.25, 0.3) is 0 Å². The Morgan fingerprint density at radius 1 is 1.55 bits per heavy atom. The Kier molecular flexibility index (Phi) is 1.47. The summed E-state index contributed by atoms with van der Waals surface area (Å²) < 4.78 is 0. The van der Waals surface area contributed by atoms with E-state index in [0.717, 1.165) is 5.56 Å². The van der Waals surface area contributed by atoms with Gasteiger partial charge in [-0.2, -0.15) is 5.10 Å². The van der Waals surface area contributed by atoms with Gasteiger partial charge in [0, 0.05) is 6.21 Å². The highest BCUT2D eigenvalue weighted by atomic mass is 35.5. The van der Waals surface area contributed by atoms with Crippen molar-refractivity contribution in [1.29, 1.82) is 0 Å². The van der Waals surface area contributed by atoms with Crippen LogP contribution >= 0.6 is 11.6 Å². The molecule has 0 atom stereocenters. The van der Waals surface area contributed by atoms with Gasteiger partial charge in [-0.3, -0.25) is 10.1 Å². The number of nitrogens with one attached hydrogen (secondary N) is 1. The molecule has 1 N–H and O–H groups in total. The molecule has 4 nitrogen and oxygen atoms in total. The summed E-state index contributed by atoms with van der Waals surface area (Å²) in [6, 6.07) is 0. The quantitative estimate of drug-likeness (QED) is 0.620. The van der Waals surface area contributed by atoms with Gasteiger partial charge < -0.3 is 0 Å². The van der Waals surface area contributed by atoms with E-state index in [1.54, 1.807) is 12.4 Å². The minimum Gasteiger partial charge on any atom is -0.267 e. The Labute approximate surface area is 68.0 Å². The average molecular weight is 169 g/mol. The van der Waals surface area contributed by atoms with Crippen LogP contribution in [0.3, 0.4) is 0 Å². The van der Waals surface area contributed by atoms with Crippen LogP contribution in [0.2, 0.25) is 0 Å². The van der Waals surface area contributed by atoms with Gasteiger partial charge in [0.1, 0.15) is 5.17 Å². The number of hydrogen-bond acceptors (Lipinski definition) is 3. The molecule has 1 aliphatic heterocycles. The lowest BCUT2D eigenvalue weighted by Gasteiger charge is -1.89. The Bertz CT molecular complexity index is 325. The Morgan fingerprint density at radius 2 is 2.45 bits per heavy atom. The Hall–Kier alpha value is -1.16. The van der Waals surface area contributed by atoms with Crippen molar-refractivity contribution >= 4 is 28.8 Å². The van der Waals surface area contributed by atoms with Gasteiger partial charge >= 0.3 is 0 Å². The zero-order chi connectivity index (χ0) is 7.68. The highest BCUT2D eigenvalue weighted by molar-refractivity contribution is 6.70. The van der Waals surface area contributed by atoms with Crippen molar-refractivity contribution in [2.45, 2.75) is 0 Å². The van der Waals surface area contributed by atoms with Crippen LogP contribution in [-0.4, -0.2) is 28.1 Å². The van der Waals surface area contributed by atoms with E-state index in [4.69, 9.17) is 11.6 Å². The lowest BCUT2D eigenvalue weighted by molar-refractivity contribution is 1.08. The van der Waals surface area contributed by atoms with Crippen molar-refractivity contribution in [1.82, 2.24) is 10.2 Å². The summed E-state index contributed by atoms with van der Waals surface area (Å²) >= 11 is 5.80. The fourth-order valence-corrected chi connectivity index (χ4v) is 1.07. The van der Waals surface area contributed by atoms with Gasteiger partial charge in [-0.15, -0.1) is 0 Å². The summed E-state index contributed by atoms with van der Waals surface area (Å²) in [5.41, 5.74) is 0.764.